The van der Waals surface area contributed by atoms with Crippen molar-refractivity contribution in [2.45, 2.75) is 31.5 Å². The van der Waals surface area contributed by atoms with Crippen LogP contribution in [-0.2, 0) is 17.4 Å². The van der Waals surface area contributed by atoms with Gasteiger partial charge in [0.1, 0.15) is 6.04 Å². The second kappa shape index (κ2) is 5.86. The van der Waals surface area contributed by atoms with Crippen LogP contribution in [0.2, 0.25) is 0 Å². The first-order valence-electron chi connectivity index (χ1n) is 5.45. The molecule has 0 unspecified atom stereocenters. The maximum atomic E-state index is 12.3. The number of alkyl halides is 3. The molecule has 100 valence electrons. The fraction of sp³-hybridized carbons (Fsp3) is 0.417. The molecule has 1 aromatic rings. The molecule has 3 nitrogen and oxygen atoms in total. The molecule has 0 saturated heterocycles. The summed E-state index contributed by atoms with van der Waals surface area (Å²) in [6, 6.07) is 3.92. The zero-order chi connectivity index (χ0) is 13.8. The molecular weight excluding hydrogens is 247 g/mol. The molecule has 1 atom stereocenters. The maximum Gasteiger partial charge on any atom is 0.416 e. The largest absolute Gasteiger partial charge is 0.480 e. The third-order valence-electron chi connectivity index (χ3n) is 2.58. The van der Waals surface area contributed by atoms with E-state index in [4.69, 9.17) is 10.8 Å². The van der Waals surface area contributed by atoms with Crippen LogP contribution >= 0.6 is 0 Å². The van der Waals surface area contributed by atoms with Crippen LogP contribution in [-0.4, -0.2) is 17.1 Å². The summed E-state index contributed by atoms with van der Waals surface area (Å²) in [5, 5.41) is 8.56. The highest BCUT2D eigenvalue weighted by Crippen LogP contribution is 2.29. The standard InChI is InChI=1S/C12H14F3NO2/c13-12(14,15)9-6-4-8(5-7-9)2-1-3-10(16)11(17)18/h4-7,10H,1-3,16H2,(H,17,18)/t10-/m0/s1. The van der Waals surface area contributed by atoms with E-state index in [2.05, 4.69) is 0 Å². The van der Waals surface area contributed by atoms with Crippen molar-refractivity contribution in [1.29, 1.82) is 0 Å². The van der Waals surface area contributed by atoms with Crippen LogP contribution in [0, 0.1) is 0 Å². The molecule has 0 amide bonds. The van der Waals surface area contributed by atoms with Gasteiger partial charge in [-0.2, -0.15) is 13.2 Å². The summed E-state index contributed by atoms with van der Waals surface area (Å²) in [6.07, 6.45) is -2.99. The summed E-state index contributed by atoms with van der Waals surface area (Å²) in [4.78, 5) is 10.4. The van der Waals surface area contributed by atoms with Crippen molar-refractivity contribution in [3.63, 3.8) is 0 Å². The van der Waals surface area contributed by atoms with Crippen molar-refractivity contribution in [3.8, 4) is 0 Å². The molecule has 0 fully saturated rings. The van der Waals surface area contributed by atoms with E-state index in [1.165, 1.54) is 12.1 Å². The first kappa shape index (κ1) is 14.5. The number of halogens is 3. The number of nitrogens with two attached hydrogens (primary N) is 1. The van der Waals surface area contributed by atoms with Crippen molar-refractivity contribution in [2.24, 2.45) is 5.73 Å². The summed E-state index contributed by atoms with van der Waals surface area (Å²) in [6.45, 7) is 0. The first-order valence-corrected chi connectivity index (χ1v) is 5.45. The molecule has 0 spiro atoms. The third kappa shape index (κ3) is 4.37. The monoisotopic (exact) mass is 261 g/mol. The normalized spacial score (nSPS) is 13.3. The predicted molar refractivity (Wildman–Crippen MR) is 60.0 cm³/mol. The lowest BCUT2D eigenvalue weighted by Crippen LogP contribution is -2.29. The lowest BCUT2D eigenvalue weighted by Gasteiger charge is -2.08. The molecule has 6 heteroatoms. The lowest BCUT2D eigenvalue weighted by atomic mass is 10.0. The van der Waals surface area contributed by atoms with E-state index in [9.17, 15) is 18.0 Å². The number of carboxylic acid groups (broad SMARTS) is 1. The fourth-order valence-corrected chi connectivity index (χ4v) is 1.51. The number of aryl methyl sites for hydroxylation is 1. The Bertz CT molecular complexity index is 401. The van der Waals surface area contributed by atoms with Gasteiger partial charge in [0.15, 0.2) is 0 Å². The second-order valence-electron chi connectivity index (χ2n) is 4.03. The van der Waals surface area contributed by atoms with Gasteiger partial charge in [-0.05, 0) is 37.0 Å². The number of benzene rings is 1. The van der Waals surface area contributed by atoms with E-state index < -0.39 is 23.8 Å². The molecule has 0 aliphatic heterocycles. The van der Waals surface area contributed by atoms with E-state index in [-0.39, 0.29) is 0 Å². The Hall–Kier alpha value is -1.56. The van der Waals surface area contributed by atoms with Crippen LogP contribution < -0.4 is 5.73 Å². The fourth-order valence-electron chi connectivity index (χ4n) is 1.51. The van der Waals surface area contributed by atoms with Gasteiger partial charge < -0.3 is 10.8 Å². The molecule has 0 aromatic heterocycles. The van der Waals surface area contributed by atoms with Crippen LogP contribution in [0.5, 0.6) is 0 Å². The van der Waals surface area contributed by atoms with Crippen molar-refractivity contribution >= 4 is 5.97 Å². The molecule has 1 rings (SSSR count). The highest BCUT2D eigenvalue weighted by atomic mass is 19.4. The molecule has 0 saturated carbocycles. The molecule has 0 aliphatic carbocycles. The smallest absolute Gasteiger partial charge is 0.416 e. The Morgan fingerprint density at radius 1 is 1.28 bits per heavy atom. The van der Waals surface area contributed by atoms with Crippen LogP contribution in [0.15, 0.2) is 24.3 Å². The molecule has 0 aliphatic rings. The average Bonchev–Trinajstić information content (AvgIpc) is 2.28. The predicted octanol–water partition coefficient (Wildman–Crippen LogP) is 2.44. The quantitative estimate of drug-likeness (QED) is 0.855. The molecule has 1 aromatic carbocycles. The summed E-state index contributed by atoms with van der Waals surface area (Å²) in [5.74, 6) is -1.07. The number of carbonyl (C=O) groups is 1. The Kier molecular flexibility index (Phi) is 4.72. The molecule has 3 N–H and O–H groups in total. The van der Waals surface area contributed by atoms with Gasteiger partial charge in [-0.25, -0.2) is 0 Å². The average molecular weight is 261 g/mol. The van der Waals surface area contributed by atoms with Gasteiger partial charge in [0.2, 0.25) is 0 Å². The molecular formula is C12H14F3NO2. The minimum Gasteiger partial charge on any atom is -0.480 e. The van der Waals surface area contributed by atoms with E-state index in [0.717, 1.165) is 17.7 Å². The third-order valence-corrected chi connectivity index (χ3v) is 2.58. The Morgan fingerprint density at radius 3 is 2.28 bits per heavy atom. The SMILES string of the molecule is N[C@@H](CCCc1ccc(C(F)(F)F)cc1)C(=O)O. The zero-order valence-electron chi connectivity index (χ0n) is 9.57. The minimum atomic E-state index is -4.33. The first-order chi connectivity index (χ1) is 8.30. The summed E-state index contributed by atoms with van der Waals surface area (Å²) >= 11 is 0. The molecule has 0 bridgehead atoms. The topological polar surface area (TPSA) is 63.3 Å². The number of hydrogen-bond donors (Lipinski definition) is 2. The van der Waals surface area contributed by atoms with Crippen LogP contribution in [0.4, 0.5) is 13.2 Å². The number of rotatable bonds is 5. The Balaban J connectivity index is 2.47. The van der Waals surface area contributed by atoms with Gasteiger partial charge in [-0.1, -0.05) is 12.1 Å². The van der Waals surface area contributed by atoms with Crippen LogP contribution in [0.3, 0.4) is 0 Å². The number of hydrogen-bond acceptors (Lipinski definition) is 2. The Labute approximate surface area is 102 Å². The number of aliphatic carboxylic acids is 1. The van der Waals surface area contributed by atoms with Crippen molar-refractivity contribution in [1.82, 2.24) is 0 Å². The maximum absolute atomic E-state index is 12.3. The van der Waals surface area contributed by atoms with Gasteiger partial charge >= 0.3 is 12.1 Å². The van der Waals surface area contributed by atoms with E-state index >= 15 is 0 Å². The van der Waals surface area contributed by atoms with Crippen LogP contribution in [0.1, 0.15) is 24.0 Å². The summed E-state index contributed by atoms with van der Waals surface area (Å²) in [5.41, 5.74) is 5.36. The van der Waals surface area contributed by atoms with E-state index in [1.54, 1.807) is 0 Å². The van der Waals surface area contributed by atoms with Crippen LogP contribution in [0.25, 0.3) is 0 Å². The van der Waals surface area contributed by atoms with Gasteiger partial charge in [-0.15, -0.1) is 0 Å². The van der Waals surface area contributed by atoms with Crippen molar-refractivity contribution in [3.05, 3.63) is 35.4 Å². The molecule has 0 radical (unpaired) electrons. The molecule has 0 heterocycles. The van der Waals surface area contributed by atoms with Gasteiger partial charge in [-0.3, -0.25) is 4.79 Å². The van der Waals surface area contributed by atoms with Crippen molar-refractivity contribution in [2.75, 3.05) is 0 Å². The highest BCUT2D eigenvalue weighted by molar-refractivity contribution is 5.72. The van der Waals surface area contributed by atoms with Gasteiger partial charge in [0, 0.05) is 0 Å². The zero-order valence-corrected chi connectivity index (χ0v) is 9.57. The highest BCUT2D eigenvalue weighted by Gasteiger charge is 2.29. The minimum absolute atomic E-state index is 0.302. The van der Waals surface area contributed by atoms with Crippen molar-refractivity contribution < 1.29 is 23.1 Å². The van der Waals surface area contributed by atoms with Gasteiger partial charge in [0.05, 0.1) is 5.56 Å². The summed E-state index contributed by atoms with van der Waals surface area (Å²) < 4.78 is 36.9. The van der Waals surface area contributed by atoms with Gasteiger partial charge in [0.25, 0.3) is 0 Å². The van der Waals surface area contributed by atoms with E-state index in [0.29, 0.717) is 19.3 Å². The number of carboxylic acids is 1. The lowest BCUT2D eigenvalue weighted by molar-refractivity contribution is -0.139. The summed E-state index contributed by atoms with van der Waals surface area (Å²) in [7, 11) is 0. The Morgan fingerprint density at radius 2 is 1.83 bits per heavy atom. The second-order valence-corrected chi connectivity index (χ2v) is 4.03. The van der Waals surface area contributed by atoms with E-state index in [1.807, 2.05) is 0 Å². The molecule has 18 heavy (non-hydrogen) atoms.